The number of carbonyl (C=O) groups is 1. The van der Waals surface area contributed by atoms with Crippen LogP contribution in [0.2, 0.25) is 0 Å². The summed E-state index contributed by atoms with van der Waals surface area (Å²) < 4.78 is 0. The van der Waals surface area contributed by atoms with Gasteiger partial charge in [0.15, 0.2) is 0 Å². The minimum absolute atomic E-state index is 0.0384. The highest BCUT2D eigenvalue weighted by molar-refractivity contribution is 7.18. The molecule has 2 heterocycles. The highest BCUT2D eigenvalue weighted by Crippen LogP contribution is 2.27. The zero-order chi connectivity index (χ0) is 14.4. The number of nitrogens with zero attached hydrogens (tertiary/aromatic N) is 2. The van der Waals surface area contributed by atoms with Crippen molar-refractivity contribution in [3.8, 4) is 0 Å². The molecule has 2 rings (SSSR count). The molecule has 4 N–H and O–H groups in total. The molecule has 0 bridgehead atoms. The first kappa shape index (κ1) is 14.7. The minimum Gasteiger partial charge on any atom is -0.369 e. The van der Waals surface area contributed by atoms with E-state index in [2.05, 4.69) is 33.6 Å². The van der Waals surface area contributed by atoms with E-state index >= 15 is 0 Å². The summed E-state index contributed by atoms with van der Waals surface area (Å²) in [4.78, 5) is 22.1. The molecule has 1 amide bonds. The summed E-state index contributed by atoms with van der Waals surface area (Å²) in [6.45, 7) is 3.77. The molecule has 0 aliphatic rings. The molecule has 0 atom stereocenters. The van der Waals surface area contributed by atoms with Crippen LogP contribution in [0.5, 0.6) is 0 Å². The Balaban J connectivity index is 1.82. The number of carbonyl (C=O) groups excluding carboxylic acids is 1. The van der Waals surface area contributed by atoms with Gasteiger partial charge >= 0.3 is 0 Å². The van der Waals surface area contributed by atoms with Crippen LogP contribution in [-0.2, 0) is 4.79 Å². The van der Waals surface area contributed by atoms with Crippen LogP contribution in [0.1, 0.15) is 17.7 Å². The van der Waals surface area contributed by atoms with Crippen molar-refractivity contribution in [3.63, 3.8) is 0 Å². The Bertz CT molecular complexity index is 583. The average molecular weight is 293 g/mol. The monoisotopic (exact) mass is 293 g/mol. The van der Waals surface area contributed by atoms with Crippen molar-refractivity contribution < 1.29 is 4.79 Å². The molecule has 0 saturated heterocycles. The first-order valence-electron chi connectivity index (χ1n) is 6.62. The molecule has 7 heteroatoms. The van der Waals surface area contributed by atoms with Gasteiger partial charge in [0.2, 0.25) is 5.91 Å². The first-order chi connectivity index (χ1) is 9.70. The lowest BCUT2D eigenvalue weighted by molar-refractivity contribution is -0.121. The Morgan fingerprint density at radius 1 is 1.40 bits per heavy atom. The van der Waals surface area contributed by atoms with Gasteiger partial charge in [-0.1, -0.05) is 0 Å². The molecule has 0 unspecified atom stereocenters. The second kappa shape index (κ2) is 7.16. The SMILES string of the molecule is Cc1cc2c(NCCCC(=O)NCCN)ncnc2s1. The normalized spacial score (nSPS) is 10.7. The molecule has 0 aliphatic carbocycles. The molecular weight excluding hydrogens is 274 g/mol. The predicted molar refractivity (Wildman–Crippen MR) is 81.9 cm³/mol. The smallest absolute Gasteiger partial charge is 0.220 e. The summed E-state index contributed by atoms with van der Waals surface area (Å²) in [6.07, 6.45) is 2.81. The van der Waals surface area contributed by atoms with Gasteiger partial charge in [-0.05, 0) is 19.4 Å². The van der Waals surface area contributed by atoms with E-state index < -0.39 is 0 Å². The number of rotatable bonds is 7. The quantitative estimate of drug-likeness (QED) is 0.668. The Hall–Kier alpha value is -1.73. The number of anilines is 1. The molecule has 0 spiro atoms. The van der Waals surface area contributed by atoms with Crippen LogP contribution in [0, 0.1) is 6.92 Å². The van der Waals surface area contributed by atoms with Crippen molar-refractivity contribution in [3.05, 3.63) is 17.3 Å². The molecular formula is C13H19N5OS. The van der Waals surface area contributed by atoms with Gasteiger partial charge in [-0.25, -0.2) is 9.97 Å². The van der Waals surface area contributed by atoms with Crippen LogP contribution >= 0.6 is 11.3 Å². The Kier molecular flexibility index (Phi) is 5.25. The lowest BCUT2D eigenvalue weighted by Crippen LogP contribution is -2.29. The largest absolute Gasteiger partial charge is 0.369 e. The Morgan fingerprint density at radius 3 is 3.05 bits per heavy atom. The molecule has 6 nitrogen and oxygen atoms in total. The molecule has 0 radical (unpaired) electrons. The molecule has 20 heavy (non-hydrogen) atoms. The number of thiophene rings is 1. The molecule has 0 aliphatic heterocycles. The number of nitrogens with two attached hydrogens (primary N) is 1. The number of aryl methyl sites for hydroxylation is 1. The Labute approximate surface area is 121 Å². The molecule has 0 fully saturated rings. The highest BCUT2D eigenvalue weighted by Gasteiger charge is 2.06. The summed E-state index contributed by atoms with van der Waals surface area (Å²) in [5.41, 5.74) is 5.32. The van der Waals surface area contributed by atoms with E-state index in [9.17, 15) is 4.79 Å². The summed E-state index contributed by atoms with van der Waals surface area (Å²) in [7, 11) is 0. The van der Waals surface area contributed by atoms with E-state index in [-0.39, 0.29) is 5.91 Å². The van der Waals surface area contributed by atoms with Crippen LogP contribution in [0.3, 0.4) is 0 Å². The van der Waals surface area contributed by atoms with Gasteiger partial charge in [0, 0.05) is 30.9 Å². The topological polar surface area (TPSA) is 92.9 Å². The van der Waals surface area contributed by atoms with E-state index in [1.54, 1.807) is 17.7 Å². The molecule has 2 aromatic heterocycles. The average Bonchev–Trinajstić information content (AvgIpc) is 2.82. The fourth-order valence-electron chi connectivity index (χ4n) is 1.87. The molecule has 0 aromatic carbocycles. The van der Waals surface area contributed by atoms with E-state index in [1.807, 2.05) is 0 Å². The molecule has 2 aromatic rings. The lowest BCUT2D eigenvalue weighted by Gasteiger charge is -2.06. The summed E-state index contributed by atoms with van der Waals surface area (Å²) in [5, 5.41) is 7.06. The van der Waals surface area contributed by atoms with Crippen LogP contribution in [0.15, 0.2) is 12.4 Å². The number of nitrogens with one attached hydrogen (secondary N) is 2. The highest BCUT2D eigenvalue weighted by atomic mass is 32.1. The third-order valence-corrected chi connectivity index (χ3v) is 3.75. The van der Waals surface area contributed by atoms with Crippen molar-refractivity contribution in [1.29, 1.82) is 0 Å². The second-order valence-corrected chi connectivity index (χ2v) is 5.70. The second-order valence-electron chi connectivity index (χ2n) is 4.47. The van der Waals surface area contributed by atoms with Gasteiger partial charge in [-0.3, -0.25) is 4.79 Å². The predicted octanol–water partition coefficient (Wildman–Crippen LogP) is 1.27. The fourth-order valence-corrected chi connectivity index (χ4v) is 2.72. The van der Waals surface area contributed by atoms with Crippen LogP contribution in [-0.4, -0.2) is 35.5 Å². The Morgan fingerprint density at radius 2 is 2.25 bits per heavy atom. The van der Waals surface area contributed by atoms with E-state index in [0.717, 1.165) is 22.5 Å². The molecule has 0 saturated carbocycles. The fraction of sp³-hybridized carbons (Fsp3) is 0.462. The van der Waals surface area contributed by atoms with Gasteiger partial charge in [0.1, 0.15) is 17.0 Å². The summed E-state index contributed by atoms with van der Waals surface area (Å²) in [6, 6.07) is 2.08. The maximum atomic E-state index is 11.4. The zero-order valence-electron chi connectivity index (χ0n) is 11.5. The van der Waals surface area contributed by atoms with Crippen molar-refractivity contribution >= 4 is 33.3 Å². The summed E-state index contributed by atoms with van der Waals surface area (Å²) in [5.74, 6) is 0.873. The lowest BCUT2D eigenvalue weighted by atomic mass is 10.3. The van der Waals surface area contributed by atoms with Crippen LogP contribution < -0.4 is 16.4 Å². The number of hydrogen-bond donors (Lipinski definition) is 3. The van der Waals surface area contributed by atoms with Crippen molar-refractivity contribution in [1.82, 2.24) is 15.3 Å². The number of hydrogen-bond acceptors (Lipinski definition) is 6. The maximum Gasteiger partial charge on any atom is 0.220 e. The third kappa shape index (κ3) is 3.88. The van der Waals surface area contributed by atoms with Gasteiger partial charge in [0.05, 0.1) is 5.39 Å². The zero-order valence-corrected chi connectivity index (χ0v) is 12.3. The minimum atomic E-state index is 0.0384. The number of fused-ring (bicyclic) bond motifs is 1. The molecule has 108 valence electrons. The van der Waals surface area contributed by atoms with Crippen molar-refractivity contribution in [2.45, 2.75) is 19.8 Å². The van der Waals surface area contributed by atoms with E-state index in [0.29, 0.717) is 26.1 Å². The maximum absolute atomic E-state index is 11.4. The van der Waals surface area contributed by atoms with Gasteiger partial charge in [0.25, 0.3) is 0 Å². The van der Waals surface area contributed by atoms with Gasteiger partial charge < -0.3 is 16.4 Å². The van der Waals surface area contributed by atoms with Crippen LogP contribution in [0.25, 0.3) is 10.2 Å². The number of aromatic nitrogens is 2. The third-order valence-electron chi connectivity index (χ3n) is 2.79. The van der Waals surface area contributed by atoms with Crippen molar-refractivity contribution in [2.75, 3.05) is 25.0 Å². The van der Waals surface area contributed by atoms with Gasteiger partial charge in [-0.2, -0.15) is 0 Å². The van der Waals surface area contributed by atoms with Crippen molar-refractivity contribution in [2.24, 2.45) is 5.73 Å². The van der Waals surface area contributed by atoms with E-state index in [1.165, 1.54) is 4.88 Å². The number of amides is 1. The van der Waals surface area contributed by atoms with E-state index in [4.69, 9.17) is 5.73 Å². The van der Waals surface area contributed by atoms with Crippen LogP contribution in [0.4, 0.5) is 5.82 Å². The standard InChI is InChI=1S/C13H19N5OS/c1-9-7-10-12(17-8-18-13(10)20-9)16-5-2-3-11(19)15-6-4-14/h7-8H,2-6,14H2,1H3,(H,15,19)(H,16,17,18). The summed E-state index contributed by atoms with van der Waals surface area (Å²) >= 11 is 1.65. The van der Waals surface area contributed by atoms with Gasteiger partial charge in [-0.15, -0.1) is 11.3 Å². The first-order valence-corrected chi connectivity index (χ1v) is 7.44.